The second-order valence-electron chi connectivity index (χ2n) is 5.67. The fraction of sp³-hybridized carbons (Fsp3) is 0.438. The number of aryl methyl sites for hydroxylation is 1. The number of thiophene rings is 2. The summed E-state index contributed by atoms with van der Waals surface area (Å²) in [5.74, 6) is 0.0179. The van der Waals surface area contributed by atoms with Gasteiger partial charge in [0.15, 0.2) is 0 Å². The van der Waals surface area contributed by atoms with Gasteiger partial charge < -0.3 is 4.90 Å². The highest BCUT2D eigenvalue weighted by molar-refractivity contribution is 7.91. The van der Waals surface area contributed by atoms with E-state index in [1.807, 2.05) is 12.3 Å². The van der Waals surface area contributed by atoms with Gasteiger partial charge in [0.05, 0.1) is 5.56 Å². The minimum absolute atomic E-state index is 0.0179. The summed E-state index contributed by atoms with van der Waals surface area (Å²) in [6, 6.07) is 3.36. The molecular weight excluding hydrogens is 364 g/mol. The Balaban J connectivity index is 1.70. The van der Waals surface area contributed by atoms with Gasteiger partial charge >= 0.3 is 0 Å². The second kappa shape index (κ2) is 6.95. The molecule has 0 aromatic carbocycles. The molecule has 0 bridgehead atoms. The van der Waals surface area contributed by atoms with Crippen molar-refractivity contribution in [2.75, 3.05) is 26.2 Å². The molecule has 1 aliphatic heterocycles. The number of sulfonamides is 1. The molecule has 3 rings (SSSR count). The summed E-state index contributed by atoms with van der Waals surface area (Å²) >= 11 is 2.82. The monoisotopic (exact) mass is 384 g/mol. The Morgan fingerprint density at radius 1 is 1.21 bits per heavy atom. The van der Waals surface area contributed by atoms with E-state index in [0.29, 0.717) is 30.4 Å². The van der Waals surface area contributed by atoms with Crippen LogP contribution in [-0.2, 0) is 16.4 Å². The largest absolute Gasteiger partial charge is 0.336 e. The Morgan fingerprint density at radius 3 is 2.50 bits per heavy atom. The summed E-state index contributed by atoms with van der Waals surface area (Å²) in [6.07, 6.45) is 0.836. The van der Waals surface area contributed by atoms with Crippen molar-refractivity contribution >= 4 is 38.6 Å². The van der Waals surface area contributed by atoms with Crippen LogP contribution in [0, 0.1) is 6.92 Å². The Labute approximate surface area is 150 Å². The van der Waals surface area contributed by atoms with Crippen LogP contribution in [-0.4, -0.2) is 49.7 Å². The van der Waals surface area contributed by atoms with E-state index in [-0.39, 0.29) is 5.91 Å². The lowest BCUT2D eigenvalue weighted by Gasteiger charge is -2.33. The van der Waals surface area contributed by atoms with Crippen molar-refractivity contribution in [1.29, 1.82) is 0 Å². The first-order valence-electron chi connectivity index (χ1n) is 7.85. The molecule has 130 valence electrons. The van der Waals surface area contributed by atoms with Crippen molar-refractivity contribution in [1.82, 2.24) is 9.21 Å². The maximum absolute atomic E-state index is 12.7. The van der Waals surface area contributed by atoms with Crippen LogP contribution in [0.2, 0.25) is 0 Å². The van der Waals surface area contributed by atoms with Crippen molar-refractivity contribution in [2.45, 2.75) is 24.5 Å². The van der Waals surface area contributed by atoms with E-state index in [4.69, 9.17) is 0 Å². The molecule has 0 N–H and O–H groups in total. The van der Waals surface area contributed by atoms with Gasteiger partial charge in [0.2, 0.25) is 0 Å². The lowest BCUT2D eigenvalue weighted by molar-refractivity contribution is 0.0697. The van der Waals surface area contributed by atoms with E-state index in [1.54, 1.807) is 33.7 Å². The third kappa shape index (κ3) is 3.15. The van der Waals surface area contributed by atoms with Gasteiger partial charge in [-0.25, -0.2) is 8.42 Å². The number of carbonyl (C=O) groups excluding carboxylic acids is 1. The van der Waals surface area contributed by atoms with Gasteiger partial charge in [0.25, 0.3) is 15.9 Å². The van der Waals surface area contributed by atoms with Crippen molar-refractivity contribution in [3.63, 3.8) is 0 Å². The van der Waals surface area contributed by atoms with Crippen molar-refractivity contribution < 1.29 is 13.2 Å². The molecule has 24 heavy (non-hydrogen) atoms. The molecule has 2 aromatic rings. The van der Waals surface area contributed by atoms with Crippen LogP contribution in [0.15, 0.2) is 27.1 Å². The molecule has 0 radical (unpaired) electrons. The van der Waals surface area contributed by atoms with Gasteiger partial charge in [-0.15, -0.1) is 22.7 Å². The maximum Gasteiger partial charge on any atom is 0.255 e. The zero-order valence-electron chi connectivity index (χ0n) is 13.7. The predicted octanol–water partition coefficient (Wildman–Crippen LogP) is 2.83. The quantitative estimate of drug-likeness (QED) is 0.814. The van der Waals surface area contributed by atoms with E-state index in [2.05, 4.69) is 6.92 Å². The number of carbonyl (C=O) groups is 1. The first kappa shape index (κ1) is 17.6. The van der Waals surface area contributed by atoms with Gasteiger partial charge in [-0.2, -0.15) is 4.31 Å². The highest BCUT2D eigenvalue weighted by atomic mass is 32.2. The standard InChI is InChI=1S/C16H20N2O3S3/c1-3-13-12(2)23-11-14(13)16(19)17-6-8-18(9-7-17)24(20,21)15-5-4-10-22-15/h4-5,10-11H,3,6-9H2,1-2H3. The second-order valence-corrected chi connectivity index (χ2v) is 9.86. The third-order valence-corrected chi connectivity index (χ3v) is 8.53. The number of hydrogen-bond donors (Lipinski definition) is 0. The van der Waals surface area contributed by atoms with Gasteiger partial charge in [0.1, 0.15) is 4.21 Å². The smallest absolute Gasteiger partial charge is 0.255 e. The lowest BCUT2D eigenvalue weighted by Crippen LogP contribution is -2.50. The van der Waals surface area contributed by atoms with E-state index in [9.17, 15) is 13.2 Å². The van der Waals surface area contributed by atoms with E-state index < -0.39 is 10.0 Å². The van der Waals surface area contributed by atoms with Crippen LogP contribution in [0.25, 0.3) is 0 Å². The molecule has 1 aliphatic rings. The summed E-state index contributed by atoms with van der Waals surface area (Å²) < 4.78 is 26.9. The van der Waals surface area contributed by atoms with Gasteiger partial charge in [-0.3, -0.25) is 4.79 Å². The first-order chi connectivity index (χ1) is 11.4. The number of nitrogens with zero attached hydrogens (tertiary/aromatic N) is 2. The Morgan fingerprint density at radius 2 is 1.92 bits per heavy atom. The number of rotatable bonds is 4. The van der Waals surface area contributed by atoms with E-state index in [0.717, 1.165) is 17.5 Å². The molecule has 8 heteroatoms. The maximum atomic E-state index is 12.7. The number of piperazine rings is 1. The zero-order chi connectivity index (χ0) is 17.3. The molecule has 3 heterocycles. The molecule has 1 amide bonds. The van der Waals surface area contributed by atoms with Gasteiger partial charge in [0, 0.05) is 36.4 Å². The van der Waals surface area contributed by atoms with Crippen LogP contribution < -0.4 is 0 Å². The van der Waals surface area contributed by atoms with Gasteiger partial charge in [-0.05, 0) is 30.4 Å². The zero-order valence-corrected chi connectivity index (χ0v) is 16.1. The number of hydrogen-bond acceptors (Lipinski definition) is 5. The molecule has 0 aliphatic carbocycles. The minimum atomic E-state index is -3.43. The van der Waals surface area contributed by atoms with Crippen LogP contribution >= 0.6 is 22.7 Å². The molecule has 1 saturated heterocycles. The third-order valence-electron chi connectivity index (χ3n) is 4.30. The molecule has 2 aromatic heterocycles. The lowest BCUT2D eigenvalue weighted by atomic mass is 10.1. The van der Waals surface area contributed by atoms with Crippen LogP contribution in [0.4, 0.5) is 0 Å². The van der Waals surface area contributed by atoms with E-state index in [1.165, 1.54) is 20.5 Å². The van der Waals surface area contributed by atoms with Crippen LogP contribution in [0.1, 0.15) is 27.7 Å². The highest BCUT2D eigenvalue weighted by Gasteiger charge is 2.31. The Hall–Kier alpha value is -1.22. The molecule has 0 spiro atoms. The first-order valence-corrected chi connectivity index (χ1v) is 11.0. The summed E-state index contributed by atoms with van der Waals surface area (Å²) in [5, 5.41) is 3.68. The number of amides is 1. The molecular formula is C16H20N2O3S3. The topological polar surface area (TPSA) is 57.7 Å². The fourth-order valence-electron chi connectivity index (χ4n) is 2.94. The molecule has 5 nitrogen and oxygen atoms in total. The Bertz CT molecular complexity index is 817. The fourth-order valence-corrected chi connectivity index (χ4v) is 6.44. The van der Waals surface area contributed by atoms with E-state index >= 15 is 0 Å². The Kier molecular flexibility index (Phi) is 5.10. The van der Waals surface area contributed by atoms with Crippen molar-refractivity contribution in [3.8, 4) is 0 Å². The van der Waals surface area contributed by atoms with Crippen LogP contribution in [0.3, 0.4) is 0 Å². The average molecular weight is 385 g/mol. The van der Waals surface area contributed by atoms with Crippen LogP contribution in [0.5, 0.6) is 0 Å². The summed E-state index contributed by atoms with van der Waals surface area (Å²) in [6.45, 7) is 5.64. The molecule has 1 fully saturated rings. The minimum Gasteiger partial charge on any atom is -0.336 e. The molecule has 0 unspecified atom stereocenters. The van der Waals surface area contributed by atoms with Gasteiger partial charge in [-0.1, -0.05) is 13.0 Å². The normalized spacial score (nSPS) is 16.5. The highest BCUT2D eigenvalue weighted by Crippen LogP contribution is 2.26. The molecule has 0 atom stereocenters. The van der Waals surface area contributed by atoms with Crippen molar-refractivity contribution in [2.24, 2.45) is 0 Å². The summed E-state index contributed by atoms with van der Waals surface area (Å²) in [5.41, 5.74) is 1.88. The SMILES string of the molecule is CCc1c(C(=O)N2CCN(S(=O)(=O)c3cccs3)CC2)csc1C. The van der Waals surface area contributed by atoms with Crippen molar-refractivity contribution in [3.05, 3.63) is 38.9 Å². The molecule has 0 saturated carbocycles. The summed E-state index contributed by atoms with van der Waals surface area (Å²) in [7, 11) is -3.43. The average Bonchev–Trinajstić information content (AvgIpc) is 3.24. The summed E-state index contributed by atoms with van der Waals surface area (Å²) in [4.78, 5) is 15.7. The predicted molar refractivity (Wildman–Crippen MR) is 97.4 cm³/mol.